The smallest absolute Gasteiger partial charge is 0.260 e. The lowest BCUT2D eigenvalue weighted by molar-refractivity contribution is 0.0790. The largest absolute Gasteiger partial charge is 0.507 e. The van der Waals surface area contributed by atoms with Crippen LogP contribution in [0.15, 0.2) is 58.3 Å². The van der Waals surface area contributed by atoms with Crippen LogP contribution in [0.4, 0.5) is 5.82 Å². The molecule has 5 N–H and O–H groups in total. The first-order chi connectivity index (χ1) is 21.1. The number of aromatic nitrogens is 2. The normalized spacial score (nSPS) is 18.6. The highest BCUT2D eigenvalue weighted by molar-refractivity contribution is 6.38. The summed E-state index contributed by atoms with van der Waals surface area (Å²) in [6, 6.07) is 8.34. The molecule has 0 amide bonds. The summed E-state index contributed by atoms with van der Waals surface area (Å²) in [4.78, 5) is 73.8. The van der Waals surface area contributed by atoms with Gasteiger partial charge in [-0.25, -0.2) is 4.98 Å². The number of aryl methyl sites for hydroxylation is 1. The molecule has 0 fully saturated rings. The number of carbonyl (C=O) groups is 4. The van der Waals surface area contributed by atoms with Gasteiger partial charge in [-0.3, -0.25) is 29.4 Å². The van der Waals surface area contributed by atoms with Crippen LogP contribution in [0.2, 0.25) is 0 Å². The molecule has 0 aliphatic heterocycles. The van der Waals surface area contributed by atoms with Crippen LogP contribution in [-0.2, 0) is 16.6 Å². The number of Topliss-reactive ketones (excluding diaryl/α,β-unsaturated/α-hetero) is 3. The fourth-order valence-electron chi connectivity index (χ4n) is 6.42. The number of phenols is 3. The first-order valence-corrected chi connectivity index (χ1v) is 13.3. The maximum absolute atomic E-state index is 14.1. The Hall–Kier alpha value is -6.11. The molecule has 0 saturated carbocycles. The molecule has 218 valence electrons. The molecule has 2 aromatic carbocycles. The van der Waals surface area contributed by atoms with Crippen LogP contribution in [0.1, 0.15) is 64.7 Å². The van der Waals surface area contributed by atoms with Crippen molar-refractivity contribution in [3.63, 3.8) is 0 Å². The van der Waals surface area contributed by atoms with E-state index >= 15 is 0 Å². The van der Waals surface area contributed by atoms with Gasteiger partial charge in [-0.05, 0) is 42.0 Å². The summed E-state index contributed by atoms with van der Waals surface area (Å²) in [6.45, 7) is 0. The fraction of sp³-hybridized carbons (Fsp3) is 0.129. The van der Waals surface area contributed by atoms with E-state index < -0.39 is 79.4 Å². The number of fused-ring (bicyclic) bond motifs is 5. The van der Waals surface area contributed by atoms with E-state index in [4.69, 9.17) is 4.74 Å². The zero-order valence-electron chi connectivity index (χ0n) is 22.7. The Morgan fingerprint density at radius 1 is 0.977 bits per heavy atom. The molecule has 2 heterocycles. The summed E-state index contributed by atoms with van der Waals surface area (Å²) in [5.74, 6) is -6.24. The molecule has 0 saturated heterocycles. The number of aromatic amines is 1. The minimum absolute atomic E-state index is 0.121. The summed E-state index contributed by atoms with van der Waals surface area (Å²) in [5.41, 5.74) is -2.13. The Morgan fingerprint density at radius 3 is 2.39 bits per heavy atom. The zero-order valence-corrected chi connectivity index (χ0v) is 22.7. The maximum atomic E-state index is 14.1. The molecule has 3 aliphatic carbocycles. The van der Waals surface area contributed by atoms with E-state index in [9.17, 15) is 39.3 Å². The van der Waals surface area contributed by atoms with Gasteiger partial charge in [-0.15, -0.1) is 0 Å². The second kappa shape index (κ2) is 9.19. The summed E-state index contributed by atoms with van der Waals surface area (Å²) < 4.78 is 4.92. The quantitative estimate of drug-likeness (QED) is 0.101. The summed E-state index contributed by atoms with van der Waals surface area (Å²) >= 11 is 0. The second-order valence-corrected chi connectivity index (χ2v) is 10.5. The van der Waals surface area contributed by atoms with Crippen LogP contribution in [0.3, 0.4) is 0 Å². The lowest BCUT2D eigenvalue weighted by atomic mass is 9.76. The zero-order chi connectivity index (χ0) is 31.1. The molecule has 3 aliphatic rings. The topological polar surface area (TPSA) is 208 Å². The Morgan fingerprint density at radius 2 is 1.70 bits per heavy atom. The molecule has 13 heteroatoms. The number of rotatable bonds is 4. The highest BCUT2D eigenvalue weighted by Crippen LogP contribution is 2.57. The maximum Gasteiger partial charge on any atom is 0.260 e. The highest BCUT2D eigenvalue weighted by atomic mass is 16.5. The molecule has 4 aromatic rings. The van der Waals surface area contributed by atoms with Gasteiger partial charge < -0.3 is 25.0 Å². The number of H-pyrrole nitrogens is 1. The van der Waals surface area contributed by atoms with Crippen molar-refractivity contribution in [2.45, 2.75) is 18.3 Å². The fourth-order valence-corrected chi connectivity index (χ4v) is 6.42. The standard InChI is InChI=1S/C31H20N4O9/c1-44-16-10-15(36)19-20(24(16)37)26(39)22-21(25(19)38)28(41)31(29(22)42)6-5-12-8-13-9-14(11-33-35-17-4-2-3-7-32-17)34-30(43)18(13)27(40)23(12)31/h2-4,7-11,38-40H,5-6H2,1H3,(H,32,35)(H,34,43). The first-order valence-electron chi connectivity index (χ1n) is 13.3. The molecule has 13 nitrogen and oxygen atoms in total. The molecule has 2 aromatic heterocycles. The number of ether oxygens (including phenoxy) is 1. The number of phenolic OH excluding ortho intramolecular Hbond substituents is 3. The van der Waals surface area contributed by atoms with E-state index in [0.29, 0.717) is 16.8 Å². The number of hydrazone groups is 1. The average Bonchev–Trinajstić information content (AvgIpc) is 3.49. The molecular formula is C31H20N4O9. The molecule has 1 atom stereocenters. The third-order valence-corrected chi connectivity index (χ3v) is 8.31. The lowest BCUT2D eigenvalue weighted by Crippen LogP contribution is -2.36. The Kier molecular flexibility index (Phi) is 5.59. The van der Waals surface area contributed by atoms with Gasteiger partial charge in [0.15, 0.2) is 23.1 Å². The number of aromatic hydroxyl groups is 3. The van der Waals surface area contributed by atoms with Gasteiger partial charge in [-0.2, -0.15) is 5.10 Å². The van der Waals surface area contributed by atoms with Crippen molar-refractivity contribution in [2.75, 3.05) is 12.5 Å². The summed E-state index contributed by atoms with van der Waals surface area (Å²) in [6.07, 6.45) is 3.70. The number of pyridine rings is 2. The number of nitrogens with one attached hydrogen (secondary N) is 2. The highest BCUT2D eigenvalue weighted by Gasteiger charge is 2.61. The summed E-state index contributed by atoms with van der Waals surface area (Å²) in [7, 11) is 1.13. The van der Waals surface area contributed by atoms with Gasteiger partial charge in [0.2, 0.25) is 5.78 Å². The van der Waals surface area contributed by atoms with E-state index in [1.807, 2.05) is 0 Å². The lowest BCUT2D eigenvalue weighted by Gasteiger charge is -2.22. The number of benzene rings is 2. The van der Waals surface area contributed by atoms with Gasteiger partial charge in [0.1, 0.15) is 28.5 Å². The molecule has 44 heavy (non-hydrogen) atoms. The molecule has 1 spiro atoms. The minimum Gasteiger partial charge on any atom is -0.507 e. The second-order valence-electron chi connectivity index (χ2n) is 10.5. The molecular weight excluding hydrogens is 572 g/mol. The Labute approximate surface area is 246 Å². The van der Waals surface area contributed by atoms with Crippen LogP contribution in [0, 0.1) is 0 Å². The van der Waals surface area contributed by atoms with E-state index in [1.54, 1.807) is 36.5 Å². The predicted molar refractivity (Wildman–Crippen MR) is 154 cm³/mol. The van der Waals surface area contributed by atoms with Gasteiger partial charge in [0, 0.05) is 17.8 Å². The van der Waals surface area contributed by atoms with E-state index in [-0.39, 0.29) is 29.5 Å². The monoisotopic (exact) mass is 592 g/mol. The molecule has 0 bridgehead atoms. The predicted octanol–water partition coefficient (Wildman–Crippen LogP) is 2.66. The average molecular weight is 593 g/mol. The Balaban J connectivity index is 1.36. The van der Waals surface area contributed by atoms with Crippen LogP contribution in [-0.4, -0.2) is 61.7 Å². The van der Waals surface area contributed by atoms with Crippen molar-refractivity contribution in [1.29, 1.82) is 0 Å². The van der Waals surface area contributed by atoms with Gasteiger partial charge in [-0.1, -0.05) is 12.1 Å². The third-order valence-electron chi connectivity index (χ3n) is 8.31. The number of hydrogen-bond donors (Lipinski definition) is 5. The number of carbonyl (C=O) groups excluding carboxylic acids is 4. The van der Waals surface area contributed by atoms with E-state index in [1.165, 1.54) is 6.21 Å². The van der Waals surface area contributed by atoms with Crippen molar-refractivity contribution in [2.24, 2.45) is 5.10 Å². The number of hydrogen-bond acceptors (Lipinski definition) is 12. The van der Waals surface area contributed by atoms with E-state index in [2.05, 4.69) is 20.5 Å². The van der Waals surface area contributed by atoms with Crippen LogP contribution < -0.4 is 11.0 Å². The molecule has 1 unspecified atom stereocenters. The number of nitrogens with zero attached hydrogens (tertiary/aromatic N) is 2. The Bertz CT molecular complexity index is 2170. The van der Waals surface area contributed by atoms with Crippen LogP contribution in [0.25, 0.3) is 10.8 Å². The molecule has 0 radical (unpaired) electrons. The van der Waals surface area contributed by atoms with Gasteiger partial charge in [0.05, 0.1) is 46.7 Å². The summed E-state index contributed by atoms with van der Waals surface area (Å²) in [5, 5.41) is 37.9. The third kappa shape index (κ3) is 3.37. The van der Waals surface area contributed by atoms with Crippen molar-refractivity contribution in [1.82, 2.24) is 9.97 Å². The number of ketones is 4. The van der Waals surface area contributed by atoms with Gasteiger partial charge in [0.25, 0.3) is 5.56 Å². The van der Waals surface area contributed by atoms with Crippen LogP contribution in [0.5, 0.6) is 17.2 Å². The number of methoxy groups -OCH3 is 1. The van der Waals surface area contributed by atoms with Crippen molar-refractivity contribution >= 4 is 45.9 Å². The molecule has 7 rings (SSSR count). The van der Waals surface area contributed by atoms with Crippen molar-refractivity contribution in [3.05, 3.63) is 97.8 Å². The first kappa shape index (κ1) is 26.8. The van der Waals surface area contributed by atoms with E-state index in [0.717, 1.165) is 13.2 Å². The van der Waals surface area contributed by atoms with Crippen LogP contribution >= 0.6 is 0 Å². The van der Waals surface area contributed by atoms with Crippen molar-refractivity contribution in [3.8, 4) is 17.2 Å². The number of anilines is 1. The number of allylic oxidation sites excluding steroid dienone is 2. The SMILES string of the molecule is COC1=CC(=O)c2c(O)c3c(c(O)c2C1=O)C(=O)C1(CCc2cc4cc(C=NNc5ccccn5)[nH]c(=O)c4c(O)c21)C3=O. The van der Waals surface area contributed by atoms with Crippen molar-refractivity contribution < 1.29 is 39.2 Å². The minimum atomic E-state index is -2.11. The van der Waals surface area contributed by atoms with Gasteiger partial charge >= 0.3 is 0 Å².